The summed E-state index contributed by atoms with van der Waals surface area (Å²) in [6.45, 7) is 7.80. The number of amides is 1. The molecule has 1 aliphatic rings. The zero-order chi connectivity index (χ0) is 15.9. The predicted octanol–water partition coefficient (Wildman–Crippen LogP) is 3.30. The number of nitrogen functional groups attached to an aromatic ring is 1. The predicted molar refractivity (Wildman–Crippen MR) is 90.1 cm³/mol. The number of aromatic nitrogens is 1. The summed E-state index contributed by atoms with van der Waals surface area (Å²) in [5.74, 6) is 0.404. The highest BCUT2D eigenvalue weighted by atomic mass is 32.1. The van der Waals surface area contributed by atoms with Crippen LogP contribution in [0.1, 0.15) is 40.7 Å². The first-order chi connectivity index (χ1) is 10.4. The molecule has 0 aliphatic carbocycles. The second-order valence-electron chi connectivity index (χ2n) is 6.60. The smallest absolute Gasteiger partial charge is 0.265 e. The highest BCUT2D eigenvalue weighted by Gasteiger charge is 2.42. The van der Waals surface area contributed by atoms with Crippen LogP contribution in [-0.4, -0.2) is 28.9 Å². The Morgan fingerprint density at radius 1 is 1.36 bits per heavy atom. The number of thiazole rings is 1. The molecule has 0 bridgehead atoms. The number of nitrogens with zero attached hydrogens (tertiary/aromatic N) is 2. The lowest BCUT2D eigenvalue weighted by atomic mass is 9.78. The van der Waals surface area contributed by atoms with Crippen molar-refractivity contribution in [2.45, 2.75) is 26.7 Å². The maximum atomic E-state index is 12.8. The molecule has 0 unspecified atom stereocenters. The lowest BCUT2D eigenvalue weighted by Crippen LogP contribution is -2.30. The molecule has 1 amide bonds. The van der Waals surface area contributed by atoms with Crippen molar-refractivity contribution in [3.63, 3.8) is 0 Å². The molecule has 2 heterocycles. The van der Waals surface area contributed by atoms with E-state index in [1.54, 1.807) is 0 Å². The van der Waals surface area contributed by atoms with Crippen molar-refractivity contribution in [2.75, 3.05) is 18.8 Å². The van der Waals surface area contributed by atoms with E-state index in [1.807, 2.05) is 17.9 Å². The highest BCUT2D eigenvalue weighted by Crippen LogP contribution is 2.43. The summed E-state index contributed by atoms with van der Waals surface area (Å²) in [5, 5.41) is 0.457. The minimum atomic E-state index is 0.0539. The van der Waals surface area contributed by atoms with Crippen LogP contribution >= 0.6 is 11.3 Å². The van der Waals surface area contributed by atoms with E-state index in [0.717, 1.165) is 18.8 Å². The number of anilines is 1. The van der Waals surface area contributed by atoms with E-state index >= 15 is 0 Å². The van der Waals surface area contributed by atoms with Crippen molar-refractivity contribution in [1.29, 1.82) is 0 Å². The lowest BCUT2D eigenvalue weighted by molar-refractivity contribution is 0.0782. The first-order valence-electron chi connectivity index (χ1n) is 7.45. The quantitative estimate of drug-likeness (QED) is 0.925. The Labute approximate surface area is 135 Å². The monoisotopic (exact) mass is 315 g/mol. The second-order valence-corrected chi connectivity index (χ2v) is 7.63. The molecule has 0 spiro atoms. The van der Waals surface area contributed by atoms with Crippen LogP contribution in [-0.2, 0) is 0 Å². The van der Waals surface area contributed by atoms with E-state index in [0.29, 0.717) is 15.9 Å². The highest BCUT2D eigenvalue weighted by molar-refractivity contribution is 7.17. The average molecular weight is 315 g/mol. The molecule has 3 rings (SSSR count). The third-order valence-corrected chi connectivity index (χ3v) is 5.42. The van der Waals surface area contributed by atoms with E-state index in [4.69, 9.17) is 5.73 Å². The standard InChI is InChI=1S/C17H21N3OS/c1-11-14(22-16(18)19-11)15(21)20-9-13(17(2,3)10-20)12-7-5-4-6-8-12/h4-8,13H,9-10H2,1-3H3,(H2,18,19)/t13-/m1/s1. The number of rotatable bonds is 2. The summed E-state index contributed by atoms with van der Waals surface area (Å²) in [6, 6.07) is 10.4. The summed E-state index contributed by atoms with van der Waals surface area (Å²) < 4.78 is 0. The molecule has 4 nitrogen and oxygen atoms in total. The Balaban J connectivity index is 1.86. The van der Waals surface area contributed by atoms with Crippen molar-refractivity contribution in [3.05, 3.63) is 46.5 Å². The Morgan fingerprint density at radius 2 is 2.05 bits per heavy atom. The van der Waals surface area contributed by atoms with Gasteiger partial charge in [-0.3, -0.25) is 4.79 Å². The van der Waals surface area contributed by atoms with Gasteiger partial charge in [-0.25, -0.2) is 4.98 Å². The van der Waals surface area contributed by atoms with Crippen molar-refractivity contribution >= 4 is 22.4 Å². The van der Waals surface area contributed by atoms with Crippen LogP contribution in [0.25, 0.3) is 0 Å². The molecule has 22 heavy (non-hydrogen) atoms. The van der Waals surface area contributed by atoms with E-state index in [2.05, 4.69) is 43.1 Å². The summed E-state index contributed by atoms with van der Waals surface area (Å²) in [4.78, 5) is 19.6. The SMILES string of the molecule is Cc1nc(N)sc1C(=O)N1C[C@H](c2ccccc2)C(C)(C)C1. The maximum absolute atomic E-state index is 12.8. The molecule has 1 atom stereocenters. The van der Waals surface area contributed by atoms with Gasteiger partial charge in [0, 0.05) is 19.0 Å². The topological polar surface area (TPSA) is 59.2 Å². The fourth-order valence-corrected chi connectivity index (χ4v) is 4.09. The van der Waals surface area contributed by atoms with E-state index in [-0.39, 0.29) is 11.3 Å². The van der Waals surface area contributed by atoms with Gasteiger partial charge in [-0.05, 0) is 17.9 Å². The van der Waals surface area contributed by atoms with Crippen LogP contribution in [0.5, 0.6) is 0 Å². The molecule has 1 fully saturated rings. The Bertz CT molecular complexity index is 693. The van der Waals surface area contributed by atoms with Crippen molar-refractivity contribution < 1.29 is 4.79 Å². The average Bonchev–Trinajstić information content (AvgIpc) is 2.98. The number of carbonyl (C=O) groups excluding carboxylic acids is 1. The van der Waals surface area contributed by atoms with Crippen molar-refractivity contribution in [1.82, 2.24) is 9.88 Å². The van der Waals surface area contributed by atoms with E-state index in [9.17, 15) is 4.79 Å². The molecule has 2 N–H and O–H groups in total. The van der Waals surface area contributed by atoms with Gasteiger partial charge >= 0.3 is 0 Å². The van der Waals surface area contributed by atoms with Crippen LogP contribution < -0.4 is 5.73 Å². The van der Waals surface area contributed by atoms with Crippen LogP contribution in [0.4, 0.5) is 5.13 Å². The van der Waals surface area contributed by atoms with Crippen molar-refractivity contribution in [3.8, 4) is 0 Å². The Hall–Kier alpha value is -1.88. The fraction of sp³-hybridized carbons (Fsp3) is 0.412. The van der Waals surface area contributed by atoms with Gasteiger partial charge in [0.2, 0.25) is 0 Å². The van der Waals surface area contributed by atoms with E-state index < -0.39 is 0 Å². The normalized spacial score (nSPS) is 20.3. The van der Waals surface area contributed by atoms with Gasteiger partial charge in [0.05, 0.1) is 5.69 Å². The zero-order valence-electron chi connectivity index (χ0n) is 13.2. The van der Waals surface area contributed by atoms with Gasteiger partial charge in [-0.1, -0.05) is 55.5 Å². The molecule has 1 aliphatic heterocycles. The molecule has 5 heteroatoms. The van der Waals surface area contributed by atoms with Crippen LogP contribution in [0.2, 0.25) is 0 Å². The molecule has 1 saturated heterocycles. The third-order valence-electron chi connectivity index (χ3n) is 4.44. The number of aryl methyl sites for hydroxylation is 1. The molecule has 0 saturated carbocycles. The van der Waals surface area contributed by atoms with Crippen LogP contribution in [0.15, 0.2) is 30.3 Å². The van der Waals surface area contributed by atoms with Gasteiger partial charge in [-0.15, -0.1) is 0 Å². The zero-order valence-corrected chi connectivity index (χ0v) is 14.0. The molecular weight excluding hydrogens is 294 g/mol. The summed E-state index contributed by atoms with van der Waals surface area (Å²) in [6.07, 6.45) is 0. The molecule has 2 aromatic rings. The number of hydrogen-bond acceptors (Lipinski definition) is 4. The molecular formula is C17H21N3OS. The lowest BCUT2D eigenvalue weighted by Gasteiger charge is -2.25. The van der Waals surface area contributed by atoms with Gasteiger partial charge < -0.3 is 10.6 Å². The Kier molecular flexibility index (Phi) is 3.68. The number of likely N-dealkylation sites (tertiary alicyclic amines) is 1. The third kappa shape index (κ3) is 2.61. The minimum absolute atomic E-state index is 0.0539. The minimum Gasteiger partial charge on any atom is -0.375 e. The first-order valence-corrected chi connectivity index (χ1v) is 8.27. The summed E-state index contributed by atoms with van der Waals surface area (Å²) in [7, 11) is 0. The molecule has 0 radical (unpaired) electrons. The van der Waals surface area contributed by atoms with Crippen LogP contribution in [0, 0.1) is 12.3 Å². The second kappa shape index (κ2) is 5.39. The van der Waals surface area contributed by atoms with E-state index in [1.165, 1.54) is 16.9 Å². The first kappa shape index (κ1) is 15.0. The van der Waals surface area contributed by atoms with Crippen molar-refractivity contribution in [2.24, 2.45) is 5.41 Å². The van der Waals surface area contributed by atoms with Gasteiger partial charge in [-0.2, -0.15) is 0 Å². The number of benzene rings is 1. The summed E-state index contributed by atoms with van der Waals surface area (Å²) in [5.41, 5.74) is 7.81. The number of carbonyl (C=O) groups is 1. The van der Waals surface area contributed by atoms with Gasteiger partial charge in [0.25, 0.3) is 5.91 Å². The van der Waals surface area contributed by atoms with Gasteiger partial charge in [0.15, 0.2) is 5.13 Å². The fourth-order valence-electron chi connectivity index (χ4n) is 3.29. The van der Waals surface area contributed by atoms with Gasteiger partial charge in [0.1, 0.15) is 4.88 Å². The molecule has 1 aromatic heterocycles. The number of nitrogens with two attached hydrogens (primary N) is 1. The van der Waals surface area contributed by atoms with Crippen LogP contribution in [0.3, 0.4) is 0 Å². The largest absolute Gasteiger partial charge is 0.375 e. The Morgan fingerprint density at radius 3 is 2.64 bits per heavy atom. The summed E-state index contributed by atoms with van der Waals surface area (Å²) >= 11 is 1.28. The maximum Gasteiger partial charge on any atom is 0.265 e. The molecule has 116 valence electrons. The number of hydrogen-bond donors (Lipinski definition) is 1. The molecule has 1 aromatic carbocycles.